The highest BCUT2D eigenvalue weighted by Crippen LogP contribution is 2.15. The van der Waals surface area contributed by atoms with Gasteiger partial charge in [0.05, 0.1) is 0 Å². The van der Waals surface area contributed by atoms with E-state index in [1.54, 1.807) is 6.20 Å². The molecule has 78 valence electrons. The monoisotopic (exact) mass is 213 g/mol. The van der Waals surface area contributed by atoms with Crippen LogP contribution in [0, 0.1) is 0 Å². The summed E-state index contributed by atoms with van der Waals surface area (Å²) in [6.45, 7) is 1.22. The Morgan fingerprint density at radius 3 is 2.93 bits per heavy atom. The number of rotatable bonds is 5. The number of carbonyl (C=O) groups excluding carboxylic acids is 1. The van der Waals surface area contributed by atoms with Gasteiger partial charge in [-0.25, -0.2) is 4.98 Å². The van der Waals surface area contributed by atoms with E-state index in [0.717, 1.165) is 11.4 Å². The fourth-order valence-electron chi connectivity index (χ4n) is 1.06. The van der Waals surface area contributed by atoms with E-state index in [1.165, 1.54) is 11.3 Å². The molecule has 0 saturated carbocycles. The van der Waals surface area contributed by atoms with Crippen LogP contribution in [0.4, 0.5) is 0 Å². The first-order valence-electron chi connectivity index (χ1n) is 4.46. The molecule has 14 heavy (non-hydrogen) atoms. The maximum Gasteiger partial charge on any atom is 0.192 e. The van der Waals surface area contributed by atoms with Crippen LogP contribution in [0.3, 0.4) is 0 Å². The Morgan fingerprint density at radius 1 is 1.64 bits per heavy atom. The van der Waals surface area contributed by atoms with Crippen molar-refractivity contribution in [3.63, 3.8) is 0 Å². The van der Waals surface area contributed by atoms with Gasteiger partial charge in [-0.05, 0) is 20.6 Å². The van der Waals surface area contributed by atoms with Crippen molar-refractivity contribution in [3.8, 4) is 0 Å². The number of hydrogen-bond donors (Lipinski definition) is 1. The van der Waals surface area contributed by atoms with E-state index < -0.39 is 0 Å². The lowest BCUT2D eigenvalue weighted by Gasteiger charge is -2.05. The van der Waals surface area contributed by atoms with E-state index >= 15 is 0 Å². The molecule has 5 heteroatoms. The van der Waals surface area contributed by atoms with Crippen LogP contribution >= 0.6 is 11.3 Å². The van der Waals surface area contributed by atoms with Crippen LogP contribution in [0.1, 0.15) is 21.1 Å². The summed E-state index contributed by atoms with van der Waals surface area (Å²) in [7, 11) is 3.97. The lowest BCUT2D eigenvalue weighted by atomic mass is 10.3. The van der Waals surface area contributed by atoms with E-state index in [-0.39, 0.29) is 5.78 Å². The predicted molar refractivity (Wildman–Crippen MR) is 57.5 cm³/mol. The first kappa shape index (κ1) is 11.3. The average molecular weight is 213 g/mol. The summed E-state index contributed by atoms with van der Waals surface area (Å²) in [6.07, 6.45) is 2.14. The maximum absolute atomic E-state index is 11.4. The van der Waals surface area contributed by atoms with Crippen LogP contribution in [-0.2, 0) is 6.54 Å². The molecule has 0 radical (unpaired) electrons. The van der Waals surface area contributed by atoms with Crippen LogP contribution in [-0.4, -0.2) is 36.3 Å². The Kier molecular flexibility index (Phi) is 4.19. The number of thiazole rings is 1. The van der Waals surface area contributed by atoms with E-state index in [4.69, 9.17) is 5.73 Å². The summed E-state index contributed by atoms with van der Waals surface area (Å²) in [5.74, 6) is 0.0440. The van der Waals surface area contributed by atoms with Crippen LogP contribution in [0.25, 0.3) is 0 Å². The van der Waals surface area contributed by atoms with Gasteiger partial charge in [-0.2, -0.15) is 0 Å². The molecule has 0 amide bonds. The molecule has 1 aromatic heterocycles. The van der Waals surface area contributed by atoms with Crippen molar-refractivity contribution in [2.75, 3.05) is 20.6 Å². The summed E-state index contributed by atoms with van der Waals surface area (Å²) < 4.78 is 0. The molecule has 0 aliphatic heterocycles. The van der Waals surface area contributed by atoms with Gasteiger partial charge < -0.3 is 10.6 Å². The van der Waals surface area contributed by atoms with Crippen LogP contribution in [0.2, 0.25) is 0 Å². The van der Waals surface area contributed by atoms with E-state index in [9.17, 15) is 4.79 Å². The topological polar surface area (TPSA) is 59.2 Å². The third-order valence-corrected chi connectivity index (χ3v) is 2.66. The number of hydrogen-bond acceptors (Lipinski definition) is 5. The van der Waals surface area contributed by atoms with Gasteiger partial charge in [0.1, 0.15) is 0 Å². The van der Waals surface area contributed by atoms with E-state index in [2.05, 4.69) is 4.98 Å². The Labute approximate surface area is 87.7 Å². The molecule has 0 saturated heterocycles. The molecular weight excluding hydrogens is 198 g/mol. The number of aromatic nitrogens is 1. The molecule has 0 spiro atoms. The van der Waals surface area contributed by atoms with Gasteiger partial charge in [-0.3, -0.25) is 4.79 Å². The molecule has 0 aromatic carbocycles. The highest BCUT2D eigenvalue weighted by molar-refractivity contribution is 7.13. The van der Waals surface area contributed by atoms with Crippen molar-refractivity contribution in [1.82, 2.24) is 9.88 Å². The molecule has 0 aliphatic rings. The average Bonchev–Trinajstić information content (AvgIpc) is 2.52. The number of Topliss-reactive ketones (excluding diaryl/α,β-unsaturated/α-hetero) is 1. The minimum absolute atomic E-state index is 0.0440. The lowest BCUT2D eigenvalue weighted by molar-refractivity contribution is 0.0985. The predicted octanol–water partition coefficient (Wildman–Crippen LogP) is 0.736. The molecule has 1 rings (SSSR count). The molecule has 0 unspecified atom stereocenters. The van der Waals surface area contributed by atoms with Crippen molar-refractivity contribution in [1.29, 1.82) is 0 Å². The van der Waals surface area contributed by atoms with E-state index in [1.807, 2.05) is 19.0 Å². The molecule has 1 aromatic rings. The Morgan fingerprint density at radius 2 is 2.36 bits per heavy atom. The first-order chi connectivity index (χ1) is 6.63. The minimum atomic E-state index is 0.0440. The molecule has 2 N–H and O–H groups in total. The van der Waals surface area contributed by atoms with Crippen LogP contribution in [0.5, 0.6) is 0 Å². The van der Waals surface area contributed by atoms with Crippen molar-refractivity contribution < 1.29 is 4.79 Å². The number of carbonyl (C=O) groups is 1. The highest BCUT2D eigenvalue weighted by atomic mass is 32.1. The van der Waals surface area contributed by atoms with Crippen molar-refractivity contribution in [3.05, 3.63) is 16.1 Å². The fourth-order valence-corrected chi connectivity index (χ4v) is 2.06. The third kappa shape index (κ3) is 3.17. The number of nitrogens with two attached hydrogens (primary N) is 1. The van der Waals surface area contributed by atoms with Gasteiger partial charge in [0.2, 0.25) is 0 Å². The van der Waals surface area contributed by atoms with Gasteiger partial charge in [-0.15, -0.1) is 11.3 Å². The van der Waals surface area contributed by atoms with Gasteiger partial charge in [0, 0.05) is 24.0 Å². The Balaban J connectivity index is 2.63. The van der Waals surface area contributed by atoms with Gasteiger partial charge in [-0.1, -0.05) is 0 Å². The number of nitrogens with zero attached hydrogens (tertiary/aromatic N) is 2. The van der Waals surface area contributed by atoms with Gasteiger partial charge in [0.15, 0.2) is 10.8 Å². The molecule has 0 fully saturated rings. The summed E-state index contributed by atoms with van der Waals surface area (Å²) in [5.41, 5.74) is 5.30. The molecule has 1 heterocycles. The standard InChI is InChI=1S/C9H15N3OS/c1-12(2)6-7-5-11-9(14-7)8(13)3-4-10/h5H,3-4,6,10H2,1-2H3. The first-order valence-corrected chi connectivity index (χ1v) is 5.28. The quantitative estimate of drug-likeness (QED) is 0.733. The second kappa shape index (κ2) is 5.19. The zero-order chi connectivity index (χ0) is 10.6. The van der Waals surface area contributed by atoms with Crippen molar-refractivity contribution >= 4 is 17.1 Å². The molecule has 4 nitrogen and oxygen atoms in total. The molecule has 0 aliphatic carbocycles. The third-order valence-electron chi connectivity index (χ3n) is 1.64. The van der Waals surface area contributed by atoms with Crippen LogP contribution < -0.4 is 5.73 Å². The second-order valence-electron chi connectivity index (χ2n) is 3.33. The number of ketones is 1. The van der Waals surface area contributed by atoms with Crippen molar-refractivity contribution in [2.24, 2.45) is 5.73 Å². The van der Waals surface area contributed by atoms with Crippen molar-refractivity contribution in [2.45, 2.75) is 13.0 Å². The maximum atomic E-state index is 11.4. The molecule has 0 bridgehead atoms. The van der Waals surface area contributed by atoms with Gasteiger partial charge in [0.25, 0.3) is 0 Å². The lowest BCUT2D eigenvalue weighted by Crippen LogP contribution is -2.09. The fraction of sp³-hybridized carbons (Fsp3) is 0.556. The zero-order valence-corrected chi connectivity index (χ0v) is 9.30. The molecule has 0 atom stereocenters. The summed E-state index contributed by atoms with van der Waals surface area (Å²) in [4.78, 5) is 18.6. The minimum Gasteiger partial charge on any atom is -0.330 e. The summed E-state index contributed by atoms with van der Waals surface area (Å²) >= 11 is 1.45. The zero-order valence-electron chi connectivity index (χ0n) is 8.49. The Bertz CT molecular complexity index is 309. The Hall–Kier alpha value is -0.780. The molecular formula is C9H15N3OS. The highest BCUT2D eigenvalue weighted by Gasteiger charge is 2.10. The van der Waals surface area contributed by atoms with Gasteiger partial charge >= 0.3 is 0 Å². The SMILES string of the molecule is CN(C)Cc1cnc(C(=O)CCN)s1. The summed E-state index contributed by atoms with van der Waals surface area (Å²) in [5, 5.41) is 0.576. The second-order valence-corrected chi connectivity index (χ2v) is 4.45. The normalized spacial score (nSPS) is 10.9. The summed E-state index contributed by atoms with van der Waals surface area (Å²) in [6, 6.07) is 0. The largest absolute Gasteiger partial charge is 0.330 e. The smallest absolute Gasteiger partial charge is 0.192 e. The van der Waals surface area contributed by atoms with Crippen LogP contribution in [0.15, 0.2) is 6.20 Å². The van der Waals surface area contributed by atoms with E-state index in [0.29, 0.717) is 18.0 Å².